The van der Waals surface area contributed by atoms with Gasteiger partial charge in [0.25, 0.3) is 11.7 Å². The van der Waals surface area contributed by atoms with E-state index in [9.17, 15) is 4.79 Å². The van der Waals surface area contributed by atoms with Crippen LogP contribution in [0.3, 0.4) is 0 Å². The summed E-state index contributed by atoms with van der Waals surface area (Å²) in [5.74, 6) is 0.543. The van der Waals surface area contributed by atoms with Crippen molar-refractivity contribution < 1.29 is 4.79 Å². The molecule has 25 heavy (non-hydrogen) atoms. The Morgan fingerprint density at radius 3 is 2.60 bits per heavy atom. The van der Waals surface area contributed by atoms with Gasteiger partial charge in [-0.2, -0.15) is 4.98 Å². The van der Waals surface area contributed by atoms with E-state index in [1.165, 1.54) is 11.3 Å². The fourth-order valence-electron chi connectivity index (χ4n) is 3.13. The number of rotatable bonds is 2. The predicted molar refractivity (Wildman–Crippen MR) is 94.8 cm³/mol. The fraction of sp³-hybridized carbons (Fsp3) is 0.333. The first kappa shape index (κ1) is 15.6. The maximum Gasteiger partial charge on any atom is 0.293 e. The normalized spacial score (nSPS) is 15.0. The van der Waals surface area contributed by atoms with E-state index in [0.717, 1.165) is 18.8 Å². The lowest BCUT2D eigenvalue weighted by Crippen LogP contribution is -2.49. The molecule has 0 aliphatic carbocycles. The fourth-order valence-corrected chi connectivity index (χ4v) is 3.13. The number of hydrogen-bond donors (Lipinski definition) is 0. The van der Waals surface area contributed by atoms with Gasteiger partial charge in [0.15, 0.2) is 0 Å². The Morgan fingerprint density at radius 2 is 1.88 bits per heavy atom. The highest BCUT2D eigenvalue weighted by Crippen LogP contribution is 2.18. The smallest absolute Gasteiger partial charge is 0.293 e. The zero-order chi connectivity index (χ0) is 17.4. The molecule has 128 valence electrons. The van der Waals surface area contributed by atoms with Crippen molar-refractivity contribution in [2.45, 2.75) is 13.8 Å². The van der Waals surface area contributed by atoms with Crippen LogP contribution in [-0.4, -0.2) is 56.6 Å². The van der Waals surface area contributed by atoms with Crippen LogP contribution >= 0.6 is 0 Å². The SMILES string of the molecule is Cc1cccc(N2CCN(C(=O)c3nc4nccc(C)n4n3)CC2)c1. The number of benzene rings is 1. The Balaban J connectivity index is 1.48. The van der Waals surface area contributed by atoms with Crippen molar-refractivity contribution in [3.05, 3.63) is 53.6 Å². The number of anilines is 1. The van der Waals surface area contributed by atoms with Gasteiger partial charge < -0.3 is 9.80 Å². The van der Waals surface area contributed by atoms with Crippen LogP contribution in [-0.2, 0) is 0 Å². The third-order valence-electron chi connectivity index (χ3n) is 4.55. The lowest BCUT2D eigenvalue weighted by Gasteiger charge is -2.35. The van der Waals surface area contributed by atoms with Crippen LogP contribution in [0, 0.1) is 13.8 Å². The topological polar surface area (TPSA) is 66.6 Å². The molecule has 7 heteroatoms. The number of amides is 1. The summed E-state index contributed by atoms with van der Waals surface area (Å²) >= 11 is 0. The molecule has 1 saturated heterocycles. The number of aryl methyl sites for hydroxylation is 2. The molecule has 3 aromatic rings. The Bertz CT molecular complexity index is 926. The maximum absolute atomic E-state index is 12.7. The highest BCUT2D eigenvalue weighted by Gasteiger charge is 2.25. The molecule has 1 aliphatic heterocycles. The number of nitrogens with zero attached hydrogens (tertiary/aromatic N) is 6. The van der Waals surface area contributed by atoms with Crippen molar-refractivity contribution in [3.8, 4) is 0 Å². The maximum atomic E-state index is 12.7. The van der Waals surface area contributed by atoms with Crippen molar-refractivity contribution in [2.24, 2.45) is 0 Å². The molecule has 4 rings (SSSR count). The lowest BCUT2D eigenvalue weighted by molar-refractivity contribution is 0.0734. The molecular formula is C18H20N6O. The van der Waals surface area contributed by atoms with E-state index in [4.69, 9.17) is 0 Å². The van der Waals surface area contributed by atoms with Gasteiger partial charge >= 0.3 is 0 Å². The van der Waals surface area contributed by atoms with Gasteiger partial charge in [0.1, 0.15) is 0 Å². The van der Waals surface area contributed by atoms with Crippen LogP contribution in [0.1, 0.15) is 21.9 Å². The highest BCUT2D eigenvalue weighted by atomic mass is 16.2. The minimum absolute atomic E-state index is 0.131. The molecule has 1 aliphatic rings. The number of hydrogen-bond acceptors (Lipinski definition) is 5. The Labute approximate surface area is 145 Å². The van der Waals surface area contributed by atoms with Crippen LogP contribution in [0.15, 0.2) is 36.5 Å². The molecule has 0 unspecified atom stereocenters. The summed E-state index contributed by atoms with van der Waals surface area (Å²) < 4.78 is 1.61. The Morgan fingerprint density at radius 1 is 1.08 bits per heavy atom. The number of piperazine rings is 1. The summed E-state index contributed by atoms with van der Waals surface area (Å²) in [7, 11) is 0. The third kappa shape index (κ3) is 2.93. The summed E-state index contributed by atoms with van der Waals surface area (Å²) in [5.41, 5.74) is 3.35. The van der Waals surface area contributed by atoms with Gasteiger partial charge in [0.05, 0.1) is 0 Å². The second-order valence-electron chi connectivity index (χ2n) is 6.35. The van der Waals surface area contributed by atoms with Crippen LogP contribution in [0.5, 0.6) is 0 Å². The molecule has 7 nitrogen and oxygen atoms in total. The summed E-state index contributed by atoms with van der Waals surface area (Å²) in [6.45, 7) is 6.94. The van der Waals surface area contributed by atoms with Gasteiger partial charge in [-0.15, -0.1) is 5.10 Å². The van der Waals surface area contributed by atoms with Gasteiger partial charge in [-0.1, -0.05) is 12.1 Å². The molecule has 1 amide bonds. The first-order chi connectivity index (χ1) is 12.1. The summed E-state index contributed by atoms with van der Waals surface area (Å²) in [4.78, 5) is 25.3. The van der Waals surface area contributed by atoms with Crippen molar-refractivity contribution in [3.63, 3.8) is 0 Å². The average Bonchev–Trinajstić information content (AvgIpc) is 3.07. The zero-order valence-electron chi connectivity index (χ0n) is 14.4. The Kier molecular flexibility index (Phi) is 3.83. The first-order valence-corrected chi connectivity index (χ1v) is 8.41. The molecular weight excluding hydrogens is 316 g/mol. The molecule has 1 fully saturated rings. The highest BCUT2D eigenvalue weighted by molar-refractivity contribution is 5.91. The molecule has 0 radical (unpaired) electrons. The molecule has 3 heterocycles. The van der Waals surface area contributed by atoms with Gasteiger partial charge in [-0.05, 0) is 37.6 Å². The van der Waals surface area contributed by atoms with E-state index in [0.29, 0.717) is 18.9 Å². The van der Waals surface area contributed by atoms with Crippen LogP contribution < -0.4 is 4.90 Å². The summed E-state index contributed by atoms with van der Waals surface area (Å²) in [6, 6.07) is 10.3. The van der Waals surface area contributed by atoms with Crippen molar-refractivity contribution in [2.75, 3.05) is 31.1 Å². The number of carbonyl (C=O) groups excluding carboxylic acids is 1. The van der Waals surface area contributed by atoms with E-state index in [1.807, 2.05) is 17.9 Å². The van der Waals surface area contributed by atoms with Gasteiger partial charge in [0, 0.05) is 43.8 Å². The van der Waals surface area contributed by atoms with Crippen molar-refractivity contribution in [1.82, 2.24) is 24.5 Å². The zero-order valence-corrected chi connectivity index (χ0v) is 14.4. The van der Waals surface area contributed by atoms with Gasteiger partial charge in [0.2, 0.25) is 5.82 Å². The first-order valence-electron chi connectivity index (χ1n) is 8.41. The van der Waals surface area contributed by atoms with Crippen LogP contribution in [0.25, 0.3) is 5.78 Å². The minimum atomic E-state index is -0.131. The van der Waals surface area contributed by atoms with Crippen LogP contribution in [0.4, 0.5) is 5.69 Å². The molecule has 0 spiro atoms. The third-order valence-corrected chi connectivity index (χ3v) is 4.55. The average molecular weight is 336 g/mol. The predicted octanol–water partition coefficient (Wildman–Crippen LogP) is 1.70. The summed E-state index contributed by atoms with van der Waals surface area (Å²) in [5, 5.41) is 4.31. The van der Waals surface area contributed by atoms with Crippen molar-refractivity contribution >= 4 is 17.4 Å². The number of carbonyl (C=O) groups is 1. The Hall–Kier alpha value is -2.96. The summed E-state index contributed by atoms with van der Waals surface area (Å²) in [6.07, 6.45) is 1.67. The molecule has 0 bridgehead atoms. The van der Waals surface area contributed by atoms with Crippen LogP contribution in [0.2, 0.25) is 0 Å². The molecule has 0 saturated carbocycles. The van der Waals surface area contributed by atoms with Gasteiger partial charge in [-0.25, -0.2) is 9.50 Å². The van der Waals surface area contributed by atoms with E-state index in [2.05, 4.69) is 51.2 Å². The number of fused-ring (bicyclic) bond motifs is 1. The van der Waals surface area contributed by atoms with E-state index in [1.54, 1.807) is 10.7 Å². The number of aromatic nitrogens is 4. The minimum Gasteiger partial charge on any atom is -0.368 e. The second-order valence-corrected chi connectivity index (χ2v) is 6.35. The van der Waals surface area contributed by atoms with E-state index in [-0.39, 0.29) is 11.7 Å². The largest absolute Gasteiger partial charge is 0.368 e. The monoisotopic (exact) mass is 336 g/mol. The van der Waals surface area contributed by atoms with Gasteiger partial charge in [-0.3, -0.25) is 4.79 Å². The molecule has 0 atom stereocenters. The molecule has 0 N–H and O–H groups in total. The standard InChI is InChI=1S/C18H20N6O/c1-13-4-3-5-15(12-13)22-8-10-23(11-9-22)17(25)16-20-18-19-7-6-14(2)24(18)21-16/h3-7,12H,8-11H2,1-2H3. The molecule has 2 aromatic heterocycles. The van der Waals surface area contributed by atoms with Crippen molar-refractivity contribution in [1.29, 1.82) is 0 Å². The van der Waals surface area contributed by atoms with E-state index >= 15 is 0 Å². The van der Waals surface area contributed by atoms with E-state index < -0.39 is 0 Å². The molecule has 1 aromatic carbocycles. The second kappa shape index (κ2) is 6.16. The quantitative estimate of drug-likeness (QED) is 0.713. The lowest BCUT2D eigenvalue weighted by atomic mass is 10.2.